The SMILES string of the molecule is CNC(=O)c1cccc(Nc2nc(-c3cccc(OCCCN4CCOCC4)c3)nc3c2COC3)c1. The molecule has 1 aromatic heterocycles. The van der Waals surface area contributed by atoms with Gasteiger partial charge in [0.15, 0.2) is 5.82 Å². The summed E-state index contributed by atoms with van der Waals surface area (Å²) in [5, 5.41) is 6.02. The topological polar surface area (TPSA) is 97.8 Å². The molecule has 9 heteroatoms. The van der Waals surface area contributed by atoms with E-state index in [-0.39, 0.29) is 5.91 Å². The molecule has 188 valence electrons. The minimum atomic E-state index is -0.141. The molecule has 9 nitrogen and oxygen atoms in total. The molecule has 2 aromatic carbocycles. The van der Waals surface area contributed by atoms with Crippen molar-refractivity contribution in [1.82, 2.24) is 20.2 Å². The van der Waals surface area contributed by atoms with E-state index in [1.165, 1.54) is 0 Å². The van der Waals surface area contributed by atoms with Crippen molar-refractivity contribution in [3.8, 4) is 17.1 Å². The molecule has 0 radical (unpaired) electrons. The van der Waals surface area contributed by atoms with Crippen LogP contribution in [0.15, 0.2) is 48.5 Å². The third kappa shape index (κ3) is 5.81. The quantitative estimate of drug-likeness (QED) is 0.442. The molecule has 0 aliphatic carbocycles. The first-order valence-corrected chi connectivity index (χ1v) is 12.3. The van der Waals surface area contributed by atoms with Gasteiger partial charge in [-0.3, -0.25) is 9.69 Å². The Kier molecular flexibility index (Phi) is 7.70. The minimum Gasteiger partial charge on any atom is -0.494 e. The molecule has 2 N–H and O–H groups in total. The van der Waals surface area contributed by atoms with Gasteiger partial charge in [-0.25, -0.2) is 9.97 Å². The number of morpholine rings is 1. The fraction of sp³-hybridized carbons (Fsp3) is 0.370. The normalized spacial score (nSPS) is 15.4. The molecule has 2 aliphatic rings. The molecule has 0 saturated carbocycles. The van der Waals surface area contributed by atoms with E-state index >= 15 is 0 Å². The number of amides is 1. The second-order valence-corrected chi connectivity index (χ2v) is 8.78. The summed E-state index contributed by atoms with van der Waals surface area (Å²) in [6, 6.07) is 15.2. The highest BCUT2D eigenvalue weighted by Crippen LogP contribution is 2.31. The van der Waals surface area contributed by atoms with Gasteiger partial charge in [-0.05, 0) is 36.8 Å². The number of carbonyl (C=O) groups excluding carboxylic acids is 1. The predicted molar refractivity (Wildman–Crippen MR) is 136 cm³/mol. The van der Waals surface area contributed by atoms with Crippen LogP contribution in [0.5, 0.6) is 5.75 Å². The maximum atomic E-state index is 12.0. The van der Waals surface area contributed by atoms with Crippen LogP contribution in [0.4, 0.5) is 11.5 Å². The highest BCUT2D eigenvalue weighted by atomic mass is 16.5. The van der Waals surface area contributed by atoms with Gasteiger partial charge < -0.3 is 24.8 Å². The van der Waals surface area contributed by atoms with E-state index in [4.69, 9.17) is 24.2 Å². The second-order valence-electron chi connectivity index (χ2n) is 8.78. The number of hydrogen-bond donors (Lipinski definition) is 2. The predicted octanol–water partition coefficient (Wildman–Crippen LogP) is 3.38. The van der Waals surface area contributed by atoms with Gasteiger partial charge in [0.2, 0.25) is 0 Å². The van der Waals surface area contributed by atoms with Gasteiger partial charge in [-0.15, -0.1) is 0 Å². The summed E-state index contributed by atoms with van der Waals surface area (Å²) in [6.07, 6.45) is 0.958. The number of carbonyl (C=O) groups is 1. The van der Waals surface area contributed by atoms with E-state index in [0.717, 1.165) is 67.5 Å². The van der Waals surface area contributed by atoms with Crippen molar-refractivity contribution >= 4 is 17.4 Å². The Morgan fingerprint density at radius 2 is 1.92 bits per heavy atom. The number of aromatic nitrogens is 2. The summed E-state index contributed by atoms with van der Waals surface area (Å²) in [7, 11) is 1.62. The Bertz CT molecular complexity index is 1210. The number of rotatable bonds is 9. The summed E-state index contributed by atoms with van der Waals surface area (Å²) in [5.74, 6) is 1.93. The molecule has 2 aliphatic heterocycles. The van der Waals surface area contributed by atoms with Crippen LogP contribution in [0.1, 0.15) is 28.0 Å². The van der Waals surface area contributed by atoms with E-state index in [0.29, 0.717) is 37.0 Å². The summed E-state index contributed by atoms with van der Waals surface area (Å²) < 4.78 is 17.1. The lowest BCUT2D eigenvalue weighted by atomic mass is 10.1. The zero-order valence-electron chi connectivity index (χ0n) is 20.5. The highest BCUT2D eigenvalue weighted by molar-refractivity contribution is 5.95. The van der Waals surface area contributed by atoms with Gasteiger partial charge in [0, 0.05) is 49.1 Å². The number of anilines is 2. The van der Waals surface area contributed by atoms with Crippen LogP contribution in [0.3, 0.4) is 0 Å². The van der Waals surface area contributed by atoms with Gasteiger partial charge in [-0.1, -0.05) is 18.2 Å². The smallest absolute Gasteiger partial charge is 0.251 e. The van der Waals surface area contributed by atoms with Crippen molar-refractivity contribution in [2.24, 2.45) is 0 Å². The van der Waals surface area contributed by atoms with Gasteiger partial charge in [-0.2, -0.15) is 0 Å². The number of hydrogen-bond acceptors (Lipinski definition) is 8. The van der Waals surface area contributed by atoms with Crippen molar-refractivity contribution in [1.29, 1.82) is 0 Å². The monoisotopic (exact) mass is 489 g/mol. The molecule has 36 heavy (non-hydrogen) atoms. The van der Waals surface area contributed by atoms with Gasteiger partial charge in [0.1, 0.15) is 11.6 Å². The van der Waals surface area contributed by atoms with Gasteiger partial charge in [0.05, 0.1) is 38.7 Å². The Balaban J connectivity index is 1.31. The van der Waals surface area contributed by atoms with Crippen molar-refractivity contribution in [3.05, 3.63) is 65.4 Å². The van der Waals surface area contributed by atoms with Crippen LogP contribution in [-0.2, 0) is 22.7 Å². The molecule has 5 rings (SSSR count). The maximum absolute atomic E-state index is 12.0. The molecule has 0 bridgehead atoms. The molecular weight excluding hydrogens is 458 g/mol. The molecule has 3 aromatic rings. The summed E-state index contributed by atoms with van der Waals surface area (Å²) in [6.45, 7) is 6.13. The van der Waals surface area contributed by atoms with Gasteiger partial charge >= 0.3 is 0 Å². The Morgan fingerprint density at radius 3 is 2.78 bits per heavy atom. The number of nitrogens with one attached hydrogen (secondary N) is 2. The van der Waals surface area contributed by atoms with E-state index in [2.05, 4.69) is 15.5 Å². The number of fused-ring (bicyclic) bond motifs is 1. The Labute approximate surface area is 210 Å². The first kappa shape index (κ1) is 24.2. The average Bonchev–Trinajstić information content (AvgIpc) is 3.41. The number of nitrogens with zero attached hydrogens (tertiary/aromatic N) is 3. The van der Waals surface area contributed by atoms with Crippen LogP contribution < -0.4 is 15.4 Å². The van der Waals surface area contributed by atoms with Crippen molar-refractivity contribution in [2.45, 2.75) is 19.6 Å². The number of ether oxygens (including phenoxy) is 3. The van der Waals surface area contributed by atoms with Crippen molar-refractivity contribution < 1.29 is 19.0 Å². The van der Waals surface area contributed by atoms with Crippen LogP contribution in [0.25, 0.3) is 11.4 Å². The van der Waals surface area contributed by atoms with Crippen molar-refractivity contribution in [2.75, 3.05) is 51.8 Å². The molecular formula is C27H31N5O4. The van der Waals surface area contributed by atoms with E-state index in [9.17, 15) is 4.79 Å². The summed E-state index contributed by atoms with van der Waals surface area (Å²) in [5.41, 5.74) is 4.01. The van der Waals surface area contributed by atoms with Crippen molar-refractivity contribution in [3.63, 3.8) is 0 Å². The molecule has 0 unspecified atom stereocenters. The standard InChI is InChI=1S/C27H31N5O4/c1-28-27(33)20-6-2-7-21(15-20)29-26-23-17-35-18-24(23)30-25(31-26)19-5-3-8-22(16-19)36-12-4-9-32-10-13-34-14-11-32/h2-3,5-8,15-16H,4,9-14,17-18H2,1H3,(H,28,33)(H,29,30,31). The van der Waals surface area contributed by atoms with E-state index in [1.54, 1.807) is 19.2 Å². The molecule has 3 heterocycles. The first-order chi connectivity index (χ1) is 17.7. The lowest BCUT2D eigenvalue weighted by Gasteiger charge is -2.26. The highest BCUT2D eigenvalue weighted by Gasteiger charge is 2.21. The fourth-order valence-electron chi connectivity index (χ4n) is 4.33. The molecule has 0 atom stereocenters. The summed E-state index contributed by atoms with van der Waals surface area (Å²) >= 11 is 0. The zero-order chi connectivity index (χ0) is 24.7. The largest absolute Gasteiger partial charge is 0.494 e. The third-order valence-corrected chi connectivity index (χ3v) is 6.28. The molecule has 1 amide bonds. The first-order valence-electron chi connectivity index (χ1n) is 12.3. The molecule has 1 saturated heterocycles. The van der Waals surface area contributed by atoms with E-state index in [1.807, 2.05) is 36.4 Å². The molecule has 1 fully saturated rings. The number of benzene rings is 2. The lowest BCUT2D eigenvalue weighted by Crippen LogP contribution is -2.37. The van der Waals surface area contributed by atoms with Crippen LogP contribution in [-0.4, -0.2) is 67.3 Å². The van der Waals surface area contributed by atoms with Gasteiger partial charge in [0.25, 0.3) is 5.91 Å². The van der Waals surface area contributed by atoms with Crippen LogP contribution in [0.2, 0.25) is 0 Å². The average molecular weight is 490 g/mol. The fourth-order valence-corrected chi connectivity index (χ4v) is 4.33. The maximum Gasteiger partial charge on any atom is 0.251 e. The van der Waals surface area contributed by atoms with E-state index < -0.39 is 0 Å². The van der Waals surface area contributed by atoms with Crippen LogP contribution >= 0.6 is 0 Å². The third-order valence-electron chi connectivity index (χ3n) is 6.28. The minimum absolute atomic E-state index is 0.141. The zero-order valence-corrected chi connectivity index (χ0v) is 20.5. The Morgan fingerprint density at radius 1 is 1.06 bits per heavy atom. The second kappa shape index (κ2) is 11.5. The van der Waals surface area contributed by atoms with Crippen LogP contribution in [0, 0.1) is 0 Å². The Hall–Kier alpha value is -3.53. The lowest BCUT2D eigenvalue weighted by molar-refractivity contribution is 0.0358. The summed E-state index contributed by atoms with van der Waals surface area (Å²) in [4.78, 5) is 24.0. The molecule has 0 spiro atoms.